The van der Waals surface area contributed by atoms with Gasteiger partial charge in [-0.25, -0.2) is 4.39 Å². The van der Waals surface area contributed by atoms with Gasteiger partial charge in [-0.05, 0) is 48.9 Å². The second-order valence-electron chi connectivity index (χ2n) is 6.24. The molecule has 6 heteroatoms. The summed E-state index contributed by atoms with van der Waals surface area (Å²) in [5.74, 6) is -0.815. The minimum Gasteiger partial charge on any atom is -0.494 e. The van der Waals surface area contributed by atoms with Crippen molar-refractivity contribution in [1.29, 1.82) is 0 Å². The molecule has 0 heterocycles. The molecule has 0 aromatic heterocycles. The van der Waals surface area contributed by atoms with Crippen LogP contribution >= 0.6 is 0 Å². The van der Waals surface area contributed by atoms with Gasteiger partial charge in [0, 0.05) is 6.54 Å². The second kappa shape index (κ2) is 9.50. The Labute approximate surface area is 168 Å². The SMILES string of the molecule is CCOc1ccc(CNC(=O)c2ccccc2NC(=O)c2ccccc2F)cc1. The number of nitrogens with one attached hydrogen (secondary N) is 2. The molecule has 2 N–H and O–H groups in total. The normalized spacial score (nSPS) is 10.3. The zero-order chi connectivity index (χ0) is 20.6. The van der Waals surface area contributed by atoms with Gasteiger partial charge in [-0.15, -0.1) is 0 Å². The summed E-state index contributed by atoms with van der Waals surface area (Å²) in [5, 5.41) is 5.44. The van der Waals surface area contributed by atoms with E-state index in [1.165, 1.54) is 18.2 Å². The molecule has 3 rings (SSSR count). The molecule has 148 valence electrons. The molecule has 0 aliphatic rings. The molecule has 0 spiro atoms. The van der Waals surface area contributed by atoms with Crippen LogP contribution in [0.25, 0.3) is 0 Å². The fourth-order valence-corrected chi connectivity index (χ4v) is 2.77. The van der Waals surface area contributed by atoms with Crippen LogP contribution in [-0.2, 0) is 6.54 Å². The first-order chi connectivity index (χ1) is 14.1. The third-order valence-electron chi connectivity index (χ3n) is 4.23. The van der Waals surface area contributed by atoms with E-state index in [9.17, 15) is 14.0 Å². The zero-order valence-corrected chi connectivity index (χ0v) is 15.9. The van der Waals surface area contributed by atoms with Crippen LogP contribution in [0, 0.1) is 5.82 Å². The number of amides is 2. The van der Waals surface area contributed by atoms with Crippen molar-refractivity contribution in [2.24, 2.45) is 0 Å². The van der Waals surface area contributed by atoms with Gasteiger partial charge in [0.25, 0.3) is 11.8 Å². The smallest absolute Gasteiger partial charge is 0.258 e. The summed E-state index contributed by atoms with van der Waals surface area (Å²) < 4.78 is 19.2. The summed E-state index contributed by atoms with van der Waals surface area (Å²) in [6.07, 6.45) is 0. The highest BCUT2D eigenvalue weighted by atomic mass is 19.1. The number of ether oxygens (including phenoxy) is 1. The molecule has 0 unspecified atom stereocenters. The minimum absolute atomic E-state index is 0.0860. The van der Waals surface area contributed by atoms with Gasteiger partial charge in [0.2, 0.25) is 0 Å². The molecule has 0 aliphatic carbocycles. The van der Waals surface area contributed by atoms with Crippen LogP contribution in [0.5, 0.6) is 5.75 Å². The molecule has 5 nitrogen and oxygen atoms in total. The molecule has 0 saturated heterocycles. The summed E-state index contributed by atoms with van der Waals surface area (Å²) in [5.41, 5.74) is 1.43. The lowest BCUT2D eigenvalue weighted by Gasteiger charge is -2.12. The first kappa shape index (κ1) is 20.1. The highest BCUT2D eigenvalue weighted by molar-refractivity contribution is 6.09. The highest BCUT2D eigenvalue weighted by Crippen LogP contribution is 2.18. The Morgan fingerprint density at radius 1 is 0.862 bits per heavy atom. The van der Waals surface area contributed by atoms with Crippen LogP contribution in [0.4, 0.5) is 10.1 Å². The van der Waals surface area contributed by atoms with Crippen molar-refractivity contribution in [2.45, 2.75) is 13.5 Å². The molecule has 0 bridgehead atoms. The van der Waals surface area contributed by atoms with Gasteiger partial charge < -0.3 is 15.4 Å². The maximum Gasteiger partial charge on any atom is 0.258 e. The maximum atomic E-state index is 13.8. The summed E-state index contributed by atoms with van der Waals surface area (Å²) in [7, 11) is 0. The van der Waals surface area contributed by atoms with Crippen molar-refractivity contribution in [3.05, 3.63) is 95.3 Å². The average molecular weight is 392 g/mol. The number of hydrogen-bond donors (Lipinski definition) is 2. The Hall–Kier alpha value is -3.67. The Morgan fingerprint density at radius 3 is 2.21 bits per heavy atom. The first-order valence-electron chi connectivity index (χ1n) is 9.23. The van der Waals surface area contributed by atoms with Crippen molar-refractivity contribution < 1.29 is 18.7 Å². The molecule has 0 atom stereocenters. The van der Waals surface area contributed by atoms with E-state index in [0.717, 1.165) is 11.3 Å². The van der Waals surface area contributed by atoms with E-state index in [1.807, 2.05) is 31.2 Å². The molecule has 0 saturated carbocycles. The minimum atomic E-state index is -0.623. The van der Waals surface area contributed by atoms with Gasteiger partial charge in [0.15, 0.2) is 0 Å². The van der Waals surface area contributed by atoms with Gasteiger partial charge in [0.05, 0.1) is 23.4 Å². The monoisotopic (exact) mass is 392 g/mol. The van der Waals surface area contributed by atoms with Gasteiger partial charge in [-0.3, -0.25) is 9.59 Å². The molecule has 3 aromatic carbocycles. The molecule has 0 radical (unpaired) electrons. The molecular weight excluding hydrogens is 371 g/mol. The number of rotatable bonds is 7. The molecule has 2 amide bonds. The van der Waals surface area contributed by atoms with E-state index in [4.69, 9.17) is 4.74 Å². The third kappa shape index (κ3) is 5.19. The van der Waals surface area contributed by atoms with Crippen molar-refractivity contribution >= 4 is 17.5 Å². The van der Waals surface area contributed by atoms with E-state index >= 15 is 0 Å². The highest BCUT2D eigenvalue weighted by Gasteiger charge is 2.16. The summed E-state index contributed by atoms with van der Waals surface area (Å²) in [6, 6.07) is 19.7. The first-order valence-corrected chi connectivity index (χ1v) is 9.23. The summed E-state index contributed by atoms with van der Waals surface area (Å²) in [6.45, 7) is 2.82. The number of halogens is 1. The standard InChI is InChI=1S/C23H21FN2O3/c1-2-29-17-13-11-16(12-14-17)15-25-22(27)19-8-4-6-10-21(19)26-23(28)18-7-3-5-9-20(18)24/h3-14H,2,15H2,1H3,(H,25,27)(H,26,28). The fourth-order valence-electron chi connectivity index (χ4n) is 2.77. The Bertz CT molecular complexity index is 1000. The van der Waals surface area contributed by atoms with E-state index in [-0.39, 0.29) is 11.5 Å². The summed E-state index contributed by atoms with van der Waals surface area (Å²) in [4.78, 5) is 25.0. The van der Waals surface area contributed by atoms with Crippen molar-refractivity contribution in [1.82, 2.24) is 5.32 Å². The van der Waals surface area contributed by atoms with Gasteiger partial charge in [-0.1, -0.05) is 36.4 Å². The molecule has 29 heavy (non-hydrogen) atoms. The number of carbonyl (C=O) groups excluding carboxylic acids is 2. The van der Waals surface area contributed by atoms with Crippen LogP contribution in [0.1, 0.15) is 33.2 Å². The van der Waals surface area contributed by atoms with Gasteiger partial charge in [0.1, 0.15) is 11.6 Å². The van der Waals surface area contributed by atoms with Crippen LogP contribution in [-0.4, -0.2) is 18.4 Å². The van der Waals surface area contributed by atoms with Gasteiger partial charge in [-0.2, -0.15) is 0 Å². The molecule has 0 aliphatic heterocycles. The van der Waals surface area contributed by atoms with Crippen LogP contribution < -0.4 is 15.4 Å². The predicted molar refractivity (Wildman–Crippen MR) is 110 cm³/mol. The Balaban J connectivity index is 1.68. The Morgan fingerprint density at radius 2 is 1.52 bits per heavy atom. The predicted octanol–water partition coefficient (Wildman–Crippen LogP) is 4.41. The number of anilines is 1. The van der Waals surface area contributed by atoms with Crippen LogP contribution in [0.15, 0.2) is 72.8 Å². The zero-order valence-electron chi connectivity index (χ0n) is 15.9. The van der Waals surface area contributed by atoms with Crippen molar-refractivity contribution in [3.63, 3.8) is 0 Å². The lowest BCUT2D eigenvalue weighted by Crippen LogP contribution is -2.25. The maximum absolute atomic E-state index is 13.8. The molecular formula is C23H21FN2O3. The average Bonchev–Trinajstić information content (AvgIpc) is 2.74. The van der Waals surface area contributed by atoms with E-state index in [0.29, 0.717) is 24.4 Å². The topological polar surface area (TPSA) is 67.4 Å². The van der Waals surface area contributed by atoms with Crippen molar-refractivity contribution in [3.8, 4) is 5.75 Å². The quantitative estimate of drug-likeness (QED) is 0.626. The van der Waals surface area contributed by atoms with E-state index in [1.54, 1.807) is 30.3 Å². The number of para-hydroxylation sites is 1. The second-order valence-corrected chi connectivity index (χ2v) is 6.24. The number of carbonyl (C=O) groups is 2. The lowest BCUT2D eigenvalue weighted by atomic mass is 10.1. The Kier molecular flexibility index (Phi) is 6.58. The summed E-state index contributed by atoms with van der Waals surface area (Å²) >= 11 is 0. The molecule has 3 aromatic rings. The van der Waals surface area contributed by atoms with Crippen LogP contribution in [0.2, 0.25) is 0 Å². The largest absolute Gasteiger partial charge is 0.494 e. The van der Waals surface area contributed by atoms with Crippen LogP contribution in [0.3, 0.4) is 0 Å². The van der Waals surface area contributed by atoms with E-state index in [2.05, 4.69) is 10.6 Å². The van der Waals surface area contributed by atoms with Gasteiger partial charge >= 0.3 is 0 Å². The molecule has 0 fully saturated rings. The van der Waals surface area contributed by atoms with Crippen molar-refractivity contribution in [2.75, 3.05) is 11.9 Å². The number of hydrogen-bond acceptors (Lipinski definition) is 3. The number of benzene rings is 3. The lowest BCUT2D eigenvalue weighted by molar-refractivity contribution is 0.0952. The fraction of sp³-hybridized carbons (Fsp3) is 0.130. The van der Waals surface area contributed by atoms with E-state index < -0.39 is 11.7 Å². The third-order valence-corrected chi connectivity index (χ3v) is 4.23.